The second-order valence-corrected chi connectivity index (χ2v) is 5.52. The minimum absolute atomic E-state index is 0.0243. The number of hydrogen-bond acceptors (Lipinski definition) is 2. The number of alkyl halides is 1. The molecule has 0 bridgehead atoms. The molecule has 1 aliphatic carbocycles. The van der Waals surface area contributed by atoms with Crippen molar-refractivity contribution in [1.29, 1.82) is 0 Å². The average Bonchev–Trinajstić information content (AvgIpc) is 2.45. The molecule has 0 unspecified atom stereocenters. The average molecular weight is 281 g/mol. The Kier molecular flexibility index (Phi) is 5.20. The lowest BCUT2D eigenvalue weighted by atomic mass is 9.94. The van der Waals surface area contributed by atoms with Gasteiger partial charge in [0.1, 0.15) is 5.69 Å². The minimum atomic E-state index is 0.0243. The molecular formula is C15H21ClN2O. The summed E-state index contributed by atoms with van der Waals surface area (Å²) in [5.41, 5.74) is 1.41. The van der Waals surface area contributed by atoms with Crippen LogP contribution in [0.5, 0.6) is 0 Å². The lowest BCUT2D eigenvalue weighted by Crippen LogP contribution is -2.43. The SMILES string of the molecule is Cc1cccc(C(=O)N(CCCl)C2CCCCC2)n1. The Morgan fingerprint density at radius 1 is 1.37 bits per heavy atom. The van der Waals surface area contributed by atoms with Crippen LogP contribution in [0.15, 0.2) is 18.2 Å². The van der Waals surface area contributed by atoms with E-state index in [0.717, 1.165) is 18.5 Å². The van der Waals surface area contributed by atoms with E-state index in [-0.39, 0.29) is 5.91 Å². The molecule has 1 aromatic heterocycles. The van der Waals surface area contributed by atoms with Crippen LogP contribution in [0.25, 0.3) is 0 Å². The predicted octanol–water partition coefficient (Wildman–Crippen LogP) is 3.40. The maximum absolute atomic E-state index is 12.6. The second kappa shape index (κ2) is 6.90. The van der Waals surface area contributed by atoms with Crippen molar-refractivity contribution >= 4 is 17.5 Å². The van der Waals surface area contributed by atoms with Crippen molar-refractivity contribution in [2.75, 3.05) is 12.4 Å². The van der Waals surface area contributed by atoms with Crippen LogP contribution in [-0.4, -0.2) is 34.3 Å². The molecule has 19 heavy (non-hydrogen) atoms. The number of carbonyl (C=O) groups is 1. The molecule has 0 spiro atoms. The van der Waals surface area contributed by atoms with Crippen LogP contribution in [-0.2, 0) is 0 Å². The number of aromatic nitrogens is 1. The van der Waals surface area contributed by atoms with E-state index in [4.69, 9.17) is 11.6 Å². The molecule has 0 saturated heterocycles. The van der Waals surface area contributed by atoms with Gasteiger partial charge in [-0.2, -0.15) is 0 Å². The molecule has 1 fully saturated rings. The first-order valence-electron chi connectivity index (χ1n) is 7.03. The molecule has 0 radical (unpaired) electrons. The lowest BCUT2D eigenvalue weighted by Gasteiger charge is -2.33. The Labute approximate surface area is 120 Å². The highest BCUT2D eigenvalue weighted by Crippen LogP contribution is 2.23. The summed E-state index contributed by atoms with van der Waals surface area (Å²) < 4.78 is 0. The summed E-state index contributed by atoms with van der Waals surface area (Å²) in [5.74, 6) is 0.505. The summed E-state index contributed by atoms with van der Waals surface area (Å²) in [4.78, 5) is 18.9. The third-order valence-corrected chi connectivity index (χ3v) is 3.88. The monoisotopic (exact) mass is 280 g/mol. The molecule has 1 aromatic rings. The van der Waals surface area contributed by atoms with Crippen molar-refractivity contribution in [2.24, 2.45) is 0 Å². The summed E-state index contributed by atoms with van der Waals surface area (Å²) >= 11 is 5.86. The highest BCUT2D eigenvalue weighted by Gasteiger charge is 2.26. The van der Waals surface area contributed by atoms with E-state index in [9.17, 15) is 4.79 Å². The van der Waals surface area contributed by atoms with E-state index >= 15 is 0 Å². The van der Waals surface area contributed by atoms with Gasteiger partial charge in [-0.3, -0.25) is 4.79 Å². The number of halogens is 1. The molecule has 1 amide bonds. The molecular weight excluding hydrogens is 260 g/mol. The quantitative estimate of drug-likeness (QED) is 0.792. The van der Waals surface area contributed by atoms with Gasteiger partial charge in [0.2, 0.25) is 0 Å². The Hall–Kier alpha value is -1.09. The maximum Gasteiger partial charge on any atom is 0.272 e. The van der Waals surface area contributed by atoms with Gasteiger partial charge >= 0.3 is 0 Å². The van der Waals surface area contributed by atoms with Crippen molar-refractivity contribution in [3.8, 4) is 0 Å². The molecule has 104 valence electrons. The molecule has 0 aliphatic heterocycles. The molecule has 1 aliphatic rings. The molecule has 0 aromatic carbocycles. The first kappa shape index (κ1) is 14.3. The van der Waals surface area contributed by atoms with E-state index in [1.807, 2.05) is 24.0 Å². The van der Waals surface area contributed by atoms with Crippen LogP contribution in [0.3, 0.4) is 0 Å². The van der Waals surface area contributed by atoms with Crippen molar-refractivity contribution in [3.63, 3.8) is 0 Å². The van der Waals surface area contributed by atoms with E-state index < -0.39 is 0 Å². The van der Waals surface area contributed by atoms with Gasteiger partial charge in [-0.25, -0.2) is 4.98 Å². The fraction of sp³-hybridized carbons (Fsp3) is 0.600. The Bertz CT molecular complexity index is 430. The Balaban J connectivity index is 2.15. The number of nitrogens with zero attached hydrogens (tertiary/aromatic N) is 2. The predicted molar refractivity (Wildman–Crippen MR) is 77.6 cm³/mol. The fourth-order valence-electron chi connectivity index (χ4n) is 2.74. The third-order valence-electron chi connectivity index (χ3n) is 3.71. The van der Waals surface area contributed by atoms with Crippen molar-refractivity contribution in [3.05, 3.63) is 29.6 Å². The van der Waals surface area contributed by atoms with Crippen molar-refractivity contribution < 1.29 is 4.79 Å². The van der Waals surface area contributed by atoms with E-state index in [1.54, 1.807) is 6.07 Å². The summed E-state index contributed by atoms with van der Waals surface area (Å²) in [6.07, 6.45) is 5.88. The zero-order chi connectivity index (χ0) is 13.7. The van der Waals surface area contributed by atoms with Crippen LogP contribution < -0.4 is 0 Å². The highest BCUT2D eigenvalue weighted by atomic mass is 35.5. The molecule has 1 heterocycles. The zero-order valence-electron chi connectivity index (χ0n) is 11.4. The molecule has 0 atom stereocenters. The topological polar surface area (TPSA) is 33.2 Å². The van der Waals surface area contributed by atoms with E-state index in [1.165, 1.54) is 19.3 Å². The van der Waals surface area contributed by atoms with Gasteiger partial charge in [-0.1, -0.05) is 25.3 Å². The number of rotatable bonds is 4. The molecule has 4 heteroatoms. The number of aryl methyl sites for hydroxylation is 1. The van der Waals surface area contributed by atoms with Gasteiger partial charge in [0.25, 0.3) is 5.91 Å². The minimum Gasteiger partial charge on any atom is -0.333 e. The molecule has 2 rings (SSSR count). The smallest absolute Gasteiger partial charge is 0.272 e. The van der Waals surface area contributed by atoms with Crippen LogP contribution in [0.4, 0.5) is 0 Å². The standard InChI is InChI=1S/C15H21ClN2O/c1-12-6-5-9-14(17-12)15(19)18(11-10-16)13-7-3-2-4-8-13/h5-6,9,13H,2-4,7-8,10-11H2,1H3. The summed E-state index contributed by atoms with van der Waals surface area (Å²) in [6, 6.07) is 5.92. The first-order valence-corrected chi connectivity index (χ1v) is 7.56. The van der Waals surface area contributed by atoms with Crippen LogP contribution >= 0.6 is 11.6 Å². The third kappa shape index (κ3) is 3.69. The highest BCUT2D eigenvalue weighted by molar-refractivity contribution is 6.18. The second-order valence-electron chi connectivity index (χ2n) is 5.14. The molecule has 0 N–H and O–H groups in total. The lowest BCUT2D eigenvalue weighted by molar-refractivity contribution is 0.0643. The summed E-state index contributed by atoms with van der Waals surface area (Å²) in [7, 11) is 0. The van der Waals surface area contributed by atoms with Gasteiger partial charge in [-0.05, 0) is 31.9 Å². The number of pyridine rings is 1. The van der Waals surface area contributed by atoms with Gasteiger partial charge in [0.15, 0.2) is 0 Å². The van der Waals surface area contributed by atoms with E-state index in [2.05, 4.69) is 4.98 Å². The normalized spacial score (nSPS) is 16.3. The first-order chi connectivity index (χ1) is 9.22. The Morgan fingerprint density at radius 3 is 2.74 bits per heavy atom. The van der Waals surface area contributed by atoms with Crippen LogP contribution in [0.2, 0.25) is 0 Å². The number of amides is 1. The maximum atomic E-state index is 12.6. The molecule has 1 saturated carbocycles. The summed E-state index contributed by atoms with van der Waals surface area (Å²) in [6.45, 7) is 2.52. The number of hydrogen-bond donors (Lipinski definition) is 0. The van der Waals surface area contributed by atoms with Gasteiger partial charge < -0.3 is 4.90 Å². The van der Waals surface area contributed by atoms with Crippen molar-refractivity contribution in [2.45, 2.75) is 45.1 Å². The number of carbonyl (C=O) groups excluding carboxylic acids is 1. The fourth-order valence-corrected chi connectivity index (χ4v) is 2.93. The van der Waals surface area contributed by atoms with Crippen molar-refractivity contribution in [1.82, 2.24) is 9.88 Å². The summed E-state index contributed by atoms with van der Waals surface area (Å²) in [5, 5.41) is 0. The van der Waals surface area contributed by atoms with Crippen LogP contribution in [0, 0.1) is 6.92 Å². The van der Waals surface area contributed by atoms with E-state index in [0.29, 0.717) is 24.2 Å². The zero-order valence-corrected chi connectivity index (χ0v) is 12.2. The van der Waals surface area contributed by atoms with Crippen LogP contribution in [0.1, 0.15) is 48.3 Å². The van der Waals surface area contributed by atoms with Gasteiger partial charge in [-0.15, -0.1) is 11.6 Å². The van der Waals surface area contributed by atoms with Gasteiger partial charge in [0.05, 0.1) is 0 Å². The largest absolute Gasteiger partial charge is 0.333 e. The molecule has 3 nitrogen and oxygen atoms in total. The Morgan fingerprint density at radius 2 is 2.11 bits per heavy atom. The van der Waals surface area contributed by atoms with Gasteiger partial charge in [0, 0.05) is 24.2 Å².